The van der Waals surface area contributed by atoms with Crippen LogP contribution < -0.4 is 5.32 Å². The largest absolute Gasteiger partial charge is 0.478 e. The zero-order valence-electron chi connectivity index (χ0n) is 9.49. The van der Waals surface area contributed by atoms with E-state index in [1.807, 2.05) is 12.1 Å². The van der Waals surface area contributed by atoms with Crippen LogP contribution in [0.1, 0.15) is 42.1 Å². The van der Waals surface area contributed by atoms with Gasteiger partial charge in [0.2, 0.25) is 0 Å². The summed E-state index contributed by atoms with van der Waals surface area (Å²) < 4.78 is 0. The summed E-state index contributed by atoms with van der Waals surface area (Å²) in [7, 11) is 0. The van der Waals surface area contributed by atoms with Gasteiger partial charge in [-0.25, -0.2) is 4.79 Å². The second-order valence-corrected chi connectivity index (χ2v) is 4.77. The summed E-state index contributed by atoms with van der Waals surface area (Å²) >= 11 is 0. The third-order valence-corrected chi connectivity index (χ3v) is 3.38. The van der Waals surface area contributed by atoms with Crippen molar-refractivity contribution in [3.63, 3.8) is 0 Å². The van der Waals surface area contributed by atoms with Crippen molar-refractivity contribution in [3.8, 4) is 0 Å². The number of hydrogen-bond acceptors (Lipinski definition) is 2. The van der Waals surface area contributed by atoms with Crippen LogP contribution in [-0.4, -0.2) is 16.6 Å². The Labute approximate surface area is 95.5 Å². The predicted octanol–water partition coefficient (Wildman–Crippen LogP) is 2.42. The van der Waals surface area contributed by atoms with E-state index in [9.17, 15) is 4.79 Å². The van der Waals surface area contributed by atoms with E-state index in [0.29, 0.717) is 11.1 Å². The lowest BCUT2D eigenvalue weighted by Crippen LogP contribution is -2.47. The molecule has 0 radical (unpaired) electrons. The van der Waals surface area contributed by atoms with Gasteiger partial charge < -0.3 is 10.4 Å². The standard InChI is InChI=1S/C13H17NO2/c1-13(7-2-8-13)14-9-10-3-5-11(6-4-10)12(15)16/h3-6,14H,2,7-9H2,1H3,(H,15,16). The van der Waals surface area contributed by atoms with Crippen molar-refractivity contribution in [1.29, 1.82) is 0 Å². The molecule has 0 saturated heterocycles. The molecular formula is C13H17NO2. The van der Waals surface area contributed by atoms with Gasteiger partial charge in [0.25, 0.3) is 0 Å². The second-order valence-electron chi connectivity index (χ2n) is 4.77. The Balaban J connectivity index is 1.92. The Morgan fingerprint density at radius 3 is 2.44 bits per heavy atom. The quantitative estimate of drug-likeness (QED) is 0.817. The fourth-order valence-electron chi connectivity index (χ4n) is 1.96. The highest BCUT2D eigenvalue weighted by atomic mass is 16.4. The highest BCUT2D eigenvalue weighted by Crippen LogP contribution is 2.31. The molecular weight excluding hydrogens is 202 g/mol. The van der Waals surface area contributed by atoms with Gasteiger partial charge in [-0.2, -0.15) is 0 Å². The molecule has 1 aliphatic carbocycles. The molecule has 0 aliphatic heterocycles. The van der Waals surface area contributed by atoms with E-state index in [1.165, 1.54) is 19.3 Å². The fourth-order valence-corrected chi connectivity index (χ4v) is 1.96. The highest BCUT2D eigenvalue weighted by molar-refractivity contribution is 5.87. The first-order chi connectivity index (χ1) is 7.59. The van der Waals surface area contributed by atoms with Crippen molar-refractivity contribution in [1.82, 2.24) is 5.32 Å². The fraction of sp³-hybridized carbons (Fsp3) is 0.462. The maximum absolute atomic E-state index is 10.7. The van der Waals surface area contributed by atoms with Crippen LogP contribution >= 0.6 is 0 Å². The van der Waals surface area contributed by atoms with Gasteiger partial charge in [-0.3, -0.25) is 0 Å². The predicted molar refractivity (Wildman–Crippen MR) is 62.5 cm³/mol. The summed E-state index contributed by atoms with van der Waals surface area (Å²) in [6, 6.07) is 7.06. The molecule has 1 aromatic rings. The lowest BCUT2D eigenvalue weighted by Gasteiger charge is -2.39. The molecule has 3 nitrogen and oxygen atoms in total. The van der Waals surface area contributed by atoms with Crippen molar-refractivity contribution < 1.29 is 9.90 Å². The van der Waals surface area contributed by atoms with Gasteiger partial charge in [0.15, 0.2) is 0 Å². The van der Waals surface area contributed by atoms with Crippen molar-refractivity contribution in [3.05, 3.63) is 35.4 Å². The van der Waals surface area contributed by atoms with Gasteiger partial charge in [-0.1, -0.05) is 12.1 Å². The molecule has 0 bridgehead atoms. The Morgan fingerprint density at radius 2 is 2.00 bits per heavy atom. The van der Waals surface area contributed by atoms with E-state index in [4.69, 9.17) is 5.11 Å². The molecule has 0 unspecified atom stereocenters. The number of carbonyl (C=O) groups is 1. The zero-order chi connectivity index (χ0) is 11.6. The summed E-state index contributed by atoms with van der Waals surface area (Å²) in [4.78, 5) is 10.7. The van der Waals surface area contributed by atoms with Gasteiger partial charge in [-0.15, -0.1) is 0 Å². The maximum atomic E-state index is 10.7. The third-order valence-electron chi connectivity index (χ3n) is 3.38. The molecule has 0 aromatic heterocycles. The van der Waals surface area contributed by atoms with E-state index in [-0.39, 0.29) is 0 Å². The Morgan fingerprint density at radius 1 is 1.38 bits per heavy atom. The molecule has 0 amide bonds. The van der Waals surface area contributed by atoms with Gasteiger partial charge in [0, 0.05) is 12.1 Å². The van der Waals surface area contributed by atoms with Crippen molar-refractivity contribution >= 4 is 5.97 Å². The van der Waals surface area contributed by atoms with Gasteiger partial charge >= 0.3 is 5.97 Å². The lowest BCUT2D eigenvalue weighted by molar-refractivity contribution is 0.0697. The number of nitrogens with one attached hydrogen (secondary N) is 1. The number of carboxylic acids is 1. The van der Waals surface area contributed by atoms with E-state index >= 15 is 0 Å². The summed E-state index contributed by atoms with van der Waals surface area (Å²) in [5.41, 5.74) is 1.78. The molecule has 1 aliphatic rings. The van der Waals surface area contributed by atoms with Crippen molar-refractivity contribution in [2.24, 2.45) is 0 Å². The van der Waals surface area contributed by atoms with Gasteiger partial charge in [-0.05, 0) is 43.9 Å². The molecule has 3 heteroatoms. The minimum Gasteiger partial charge on any atom is -0.478 e. The molecule has 2 N–H and O–H groups in total. The first-order valence-corrected chi connectivity index (χ1v) is 5.66. The molecule has 1 aromatic carbocycles. The minimum absolute atomic E-state index is 0.297. The summed E-state index contributed by atoms with van der Waals surface area (Å²) in [6.45, 7) is 3.05. The monoisotopic (exact) mass is 219 g/mol. The van der Waals surface area contributed by atoms with E-state index in [2.05, 4.69) is 12.2 Å². The van der Waals surface area contributed by atoms with Crippen LogP contribution in [0.5, 0.6) is 0 Å². The molecule has 16 heavy (non-hydrogen) atoms. The van der Waals surface area contributed by atoms with E-state index < -0.39 is 5.97 Å². The van der Waals surface area contributed by atoms with Crippen LogP contribution in [0.3, 0.4) is 0 Å². The first-order valence-electron chi connectivity index (χ1n) is 5.66. The lowest BCUT2D eigenvalue weighted by atomic mass is 9.78. The SMILES string of the molecule is CC1(NCc2ccc(C(=O)O)cc2)CCC1. The van der Waals surface area contributed by atoms with Crippen LogP contribution in [0.2, 0.25) is 0 Å². The first kappa shape index (κ1) is 11.1. The maximum Gasteiger partial charge on any atom is 0.335 e. The molecule has 0 spiro atoms. The number of benzene rings is 1. The summed E-state index contributed by atoms with van der Waals surface area (Å²) in [6.07, 6.45) is 3.78. The highest BCUT2D eigenvalue weighted by Gasteiger charge is 2.30. The number of rotatable bonds is 4. The third kappa shape index (κ3) is 2.42. The van der Waals surface area contributed by atoms with Crippen LogP contribution in [0.15, 0.2) is 24.3 Å². The zero-order valence-corrected chi connectivity index (χ0v) is 9.49. The smallest absolute Gasteiger partial charge is 0.335 e. The Bertz CT molecular complexity index is 379. The Hall–Kier alpha value is -1.35. The number of hydrogen-bond donors (Lipinski definition) is 2. The molecule has 1 saturated carbocycles. The summed E-state index contributed by atoms with van der Waals surface area (Å²) in [5.74, 6) is -0.870. The van der Waals surface area contributed by atoms with Gasteiger partial charge in [0.1, 0.15) is 0 Å². The van der Waals surface area contributed by atoms with Crippen LogP contribution in [0.4, 0.5) is 0 Å². The summed E-state index contributed by atoms with van der Waals surface area (Å²) in [5, 5.41) is 12.3. The van der Waals surface area contributed by atoms with E-state index in [0.717, 1.165) is 12.1 Å². The van der Waals surface area contributed by atoms with Crippen LogP contribution in [0.25, 0.3) is 0 Å². The molecule has 1 fully saturated rings. The topological polar surface area (TPSA) is 49.3 Å². The number of carboxylic acid groups (broad SMARTS) is 1. The average Bonchev–Trinajstić information content (AvgIpc) is 2.24. The van der Waals surface area contributed by atoms with Crippen LogP contribution in [-0.2, 0) is 6.54 Å². The van der Waals surface area contributed by atoms with Crippen molar-refractivity contribution in [2.45, 2.75) is 38.3 Å². The Kier molecular flexibility index (Phi) is 2.97. The minimum atomic E-state index is -0.870. The number of aromatic carboxylic acids is 1. The van der Waals surface area contributed by atoms with Crippen molar-refractivity contribution in [2.75, 3.05) is 0 Å². The average molecular weight is 219 g/mol. The van der Waals surface area contributed by atoms with Crippen LogP contribution in [0, 0.1) is 0 Å². The molecule has 2 rings (SSSR count). The van der Waals surface area contributed by atoms with E-state index in [1.54, 1.807) is 12.1 Å². The molecule has 0 atom stereocenters. The normalized spacial score (nSPS) is 17.8. The molecule has 86 valence electrons. The van der Waals surface area contributed by atoms with Gasteiger partial charge in [0.05, 0.1) is 5.56 Å². The molecule has 0 heterocycles. The second kappa shape index (κ2) is 4.26.